The number of fused-ring (bicyclic) bond motifs is 3. The second kappa shape index (κ2) is 7.99. The monoisotopic (exact) mass is 496 g/mol. The minimum atomic E-state index is 0.610. The molecule has 4 heteroatoms. The molecule has 1 N–H and O–H groups in total. The molecule has 38 heavy (non-hydrogen) atoms. The molecule has 0 spiro atoms. The standard InChI is InChI=1S/C34H32N4/c1-3-20(29-16-32(35-17-29)27-12-23-10-24(23)13-27)4-2-19(1)21-5-7-30-22(9-21)6-8-31(37-30)33-18-36-34(38-33)28-14-25-11-26(25)15-28/h1-9,17-18,23-28H,10-16H2,(H,36,38)/t23-,24+,25-,26+,27?,28?. The van der Waals surface area contributed by atoms with Crippen molar-refractivity contribution < 1.29 is 0 Å². The highest BCUT2D eigenvalue weighted by atomic mass is 14.9. The summed E-state index contributed by atoms with van der Waals surface area (Å²) in [4.78, 5) is 18.1. The van der Waals surface area contributed by atoms with Crippen LogP contribution < -0.4 is 0 Å². The highest BCUT2D eigenvalue weighted by molar-refractivity contribution is 6.00. The molecule has 4 nitrogen and oxygen atoms in total. The molecule has 9 rings (SSSR count). The summed E-state index contributed by atoms with van der Waals surface area (Å²) in [7, 11) is 0. The molecule has 0 amide bonds. The Labute approximate surface area is 223 Å². The van der Waals surface area contributed by atoms with Gasteiger partial charge in [-0.2, -0.15) is 0 Å². The molecule has 4 aliphatic carbocycles. The van der Waals surface area contributed by atoms with E-state index in [0.717, 1.165) is 64.1 Å². The van der Waals surface area contributed by atoms with Gasteiger partial charge in [-0.3, -0.25) is 4.99 Å². The summed E-state index contributed by atoms with van der Waals surface area (Å²) in [6.45, 7) is 0. The molecule has 6 atom stereocenters. The maximum atomic E-state index is 4.97. The lowest BCUT2D eigenvalue weighted by Crippen LogP contribution is -2.10. The van der Waals surface area contributed by atoms with E-state index >= 15 is 0 Å². The Bertz CT molecular complexity index is 1620. The molecule has 3 heterocycles. The average molecular weight is 497 g/mol. The van der Waals surface area contributed by atoms with E-state index in [9.17, 15) is 0 Å². The first-order valence-electron chi connectivity index (χ1n) is 14.6. The van der Waals surface area contributed by atoms with Gasteiger partial charge in [-0.25, -0.2) is 9.97 Å². The highest BCUT2D eigenvalue weighted by Gasteiger charge is 2.48. The van der Waals surface area contributed by atoms with Gasteiger partial charge in [0.25, 0.3) is 0 Å². The summed E-state index contributed by atoms with van der Waals surface area (Å²) >= 11 is 0. The van der Waals surface area contributed by atoms with Crippen LogP contribution in [0.15, 0.2) is 72.0 Å². The molecule has 0 bridgehead atoms. The number of hydrogen-bond acceptors (Lipinski definition) is 3. The maximum Gasteiger partial charge on any atom is 0.109 e. The first kappa shape index (κ1) is 21.4. The third-order valence-electron chi connectivity index (χ3n) is 10.3. The number of rotatable bonds is 5. The van der Waals surface area contributed by atoms with Crippen LogP contribution in [-0.4, -0.2) is 20.7 Å². The number of nitrogens with one attached hydrogen (secondary N) is 1. The number of aromatic amines is 1. The summed E-state index contributed by atoms with van der Waals surface area (Å²) in [6.07, 6.45) is 13.4. The molecule has 2 unspecified atom stereocenters. The molecule has 0 saturated heterocycles. The Balaban J connectivity index is 0.911. The third kappa shape index (κ3) is 3.60. The van der Waals surface area contributed by atoms with E-state index < -0.39 is 0 Å². The van der Waals surface area contributed by atoms with E-state index in [1.54, 1.807) is 0 Å². The van der Waals surface area contributed by atoms with Crippen LogP contribution in [0.4, 0.5) is 0 Å². The zero-order valence-electron chi connectivity index (χ0n) is 21.6. The lowest BCUT2D eigenvalue weighted by molar-refractivity contribution is 0.596. The Morgan fingerprint density at radius 3 is 2.18 bits per heavy atom. The van der Waals surface area contributed by atoms with Crippen molar-refractivity contribution in [2.75, 3.05) is 0 Å². The van der Waals surface area contributed by atoms with Crippen LogP contribution in [0, 0.1) is 29.6 Å². The van der Waals surface area contributed by atoms with Gasteiger partial charge in [0.2, 0.25) is 0 Å². The zero-order chi connectivity index (χ0) is 24.8. The van der Waals surface area contributed by atoms with Crippen molar-refractivity contribution in [1.29, 1.82) is 0 Å². The van der Waals surface area contributed by atoms with Crippen molar-refractivity contribution in [3.63, 3.8) is 0 Å². The maximum absolute atomic E-state index is 4.97. The van der Waals surface area contributed by atoms with Gasteiger partial charge < -0.3 is 4.98 Å². The highest BCUT2D eigenvalue weighted by Crippen LogP contribution is 2.57. The predicted molar refractivity (Wildman–Crippen MR) is 153 cm³/mol. The molecule has 4 aromatic rings. The minimum Gasteiger partial charge on any atom is -0.340 e. The summed E-state index contributed by atoms with van der Waals surface area (Å²) in [5.41, 5.74) is 9.58. The number of hydrogen-bond donors (Lipinski definition) is 1. The Morgan fingerprint density at radius 2 is 1.39 bits per heavy atom. The molecule has 0 radical (unpaired) electrons. The molecule has 2 aromatic heterocycles. The number of benzene rings is 2. The Hall–Kier alpha value is -3.53. The third-order valence-corrected chi connectivity index (χ3v) is 10.3. The molecule has 188 valence electrons. The number of nitrogens with zero attached hydrogens (tertiary/aromatic N) is 3. The fraction of sp³-hybridized carbons (Fsp3) is 0.382. The molecular formula is C34H32N4. The molecule has 5 aliphatic rings. The summed E-state index contributed by atoms with van der Waals surface area (Å²) in [6, 6.07) is 19.9. The lowest BCUT2D eigenvalue weighted by Gasteiger charge is -2.12. The van der Waals surface area contributed by atoms with Gasteiger partial charge in [0, 0.05) is 29.6 Å². The largest absolute Gasteiger partial charge is 0.340 e. The van der Waals surface area contributed by atoms with Gasteiger partial charge in [-0.05, 0) is 109 Å². The average Bonchev–Trinajstić information content (AvgIpc) is 3.52. The van der Waals surface area contributed by atoms with Crippen LogP contribution in [-0.2, 0) is 0 Å². The molecule has 1 aliphatic heterocycles. The van der Waals surface area contributed by atoms with Crippen LogP contribution in [0.3, 0.4) is 0 Å². The van der Waals surface area contributed by atoms with Crippen LogP contribution >= 0.6 is 0 Å². The van der Waals surface area contributed by atoms with Gasteiger partial charge in [-0.15, -0.1) is 0 Å². The van der Waals surface area contributed by atoms with Crippen LogP contribution in [0.2, 0.25) is 0 Å². The van der Waals surface area contributed by atoms with Gasteiger partial charge in [0.05, 0.1) is 23.1 Å². The van der Waals surface area contributed by atoms with Crippen molar-refractivity contribution in [1.82, 2.24) is 15.0 Å². The Morgan fingerprint density at radius 1 is 0.684 bits per heavy atom. The second-order valence-electron chi connectivity index (χ2n) is 12.7. The van der Waals surface area contributed by atoms with E-state index in [1.807, 2.05) is 6.20 Å². The number of imidazole rings is 1. The molecule has 2 aromatic carbocycles. The van der Waals surface area contributed by atoms with E-state index in [-0.39, 0.29) is 0 Å². The SMILES string of the molecule is C1=C(c2ccc(-c3ccc4nc(-c5cnc(C6C[C@@H]7C[C@@H]7C6)[nH]5)ccc4c3)cc2)CC(C2C[C@@H]3C[C@@H]3C2)=N1. The fourth-order valence-corrected chi connectivity index (χ4v) is 7.80. The number of allylic oxidation sites excluding steroid dienone is 1. The first-order chi connectivity index (χ1) is 18.7. The van der Waals surface area contributed by atoms with Gasteiger partial charge in [-0.1, -0.05) is 36.4 Å². The van der Waals surface area contributed by atoms with E-state index in [4.69, 9.17) is 15.0 Å². The molecular weight excluding hydrogens is 464 g/mol. The van der Waals surface area contributed by atoms with Gasteiger partial charge >= 0.3 is 0 Å². The van der Waals surface area contributed by atoms with Crippen molar-refractivity contribution in [3.8, 4) is 22.5 Å². The second-order valence-corrected chi connectivity index (χ2v) is 12.7. The van der Waals surface area contributed by atoms with Gasteiger partial charge in [0.1, 0.15) is 5.82 Å². The normalized spacial score (nSPS) is 30.7. The van der Waals surface area contributed by atoms with E-state index in [1.165, 1.54) is 66.5 Å². The lowest BCUT2D eigenvalue weighted by atomic mass is 9.92. The van der Waals surface area contributed by atoms with Crippen LogP contribution in [0.5, 0.6) is 0 Å². The topological polar surface area (TPSA) is 53.9 Å². The minimum absolute atomic E-state index is 0.610. The Kier molecular flexibility index (Phi) is 4.50. The fourth-order valence-electron chi connectivity index (χ4n) is 7.80. The van der Waals surface area contributed by atoms with Crippen LogP contribution in [0.25, 0.3) is 39.0 Å². The van der Waals surface area contributed by atoms with Crippen molar-refractivity contribution >= 4 is 22.2 Å². The number of aliphatic imine (C=N–C) groups is 1. The molecule has 4 saturated carbocycles. The zero-order valence-corrected chi connectivity index (χ0v) is 21.6. The van der Waals surface area contributed by atoms with E-state index in [0.29, 0.717) is 5.92 Å². The van der Waals surface area contributed by atoms with Crippen molar-refractivity contribution in [3.05, 3.63) is 78.4 Å². The quantitative estimate of drug-likeness (QED) is 0.304. The van der Waals surface area contributed by atoms with Crippen molar-refractivity contribution in [2.24, 2.45) is 34.6 Å². The number of H-pyrrole nitrogens is 1. The summed E-state index contributed by atoms with van der Waals surface area (Å²) in [5, 5.41) is 1.16. The molecule has 4 fully saturated rings. The van der Waals surface area contributed by atoms with Crippen molar-refractivity contribution in [2.45, 2.75) is 50.9 Å². The first-order valence-corrected chi connectivity index (χ1v) is 14.6. The van der Waals surface area contributed by atoms with Crippen LogP contribution in [0.1, 0.15) is 62.3 Å². The number of pyridine rings is 1. The smallest absolute Gasteiger partial charge is 0.109 e. The predicted octanol–water partition coefficient (Wildman–Crippen LogP) is 8.04. The number of aromatic nitrogens is 3. The summed E-state index contributed by atoms with van der Waals surface area (Å²) < 4.78 is 0. The summed E-state index contributed by atoms with van der Waals surface area (Å²) in [5.74, 6) is 6.46. The van der Waals surface area contributed by atoms with E-state index in [2.05, 4.69) is 65.8 Å². The van der Waals surface area contributed by atoms with Gasteiger partial charge in [0.15, 0.2) is 0 Å².